The van der Waals surface area contributed by atoms with Crippen LogP contribution in [-0.4, -0.2) is 57.1 Å². The van der Waals surface area contributed by atoms with Gasteiger partial charge in [-0.3, -0.25) is 9.59 Å². The molecule has 0 aliphatic rings. The smallest absolute Gasteiger partial charge is 0.306 e. The molecule has 0 saturated carbocycles. The highest BCUT2D eigenvalue weighted by molar-refractivity contribution is 8.37. The number of hydrogen-bond donors (Lipinski definition) is 1. The van der Waals surface area contributed by atoms with Crippen molar-refractivity contribution in [2.24, 2.45) is 5.10 Å². The number of aryl methyl sites for hydroxylation is 1. The van der Waals surface area contributed by atoms with Gasteiger partial charge in [0.2, 0.25) is 10.8 Å². The van der Waals surface area contributed by atoms with Gasteiger partial charge < -0.3 is 19.5 Å². The van der Waals surface area contributed by atoms with Crippen LogP contribution in [0.5, 0.6) is 11.5 Å². The fourth-order valence-corrected chi connectivity index (χ4v) is 4.37. The van der Waals surface area contributed by atoms with Gasteiger partial charge >= 0.3 is 5.97 Å². The van der Waals surface area contributed by atoms with Gasteiger partial charge in [0.05, 0.1) is 11.9 Å². The number of benzene rings is 2. The van der Waals surface area contributed by atoms with Crippen LogP contribution < -0.4 is 14.8 Å². The maximum atomic E-state index is 12.4. The number of halogens is 2. The summed E-state index contributed by atoms with van der Waals surface area (Å²) in [5.74, 6) is 0.923. The van der Waals surface area contributed by atoms with Gasteiger partial charge in [0, 0.05) is 26.2 Å². The summed E-state index contributed by atoms with van der Waals surface area (Å²) in [6, 6.07) is 14.8. The van der Waals surface area contributed by atoms with E-state index in [0.717, 1.165) is 23.2 Å². The molecule has 3 rings (SSSR count). The Morgan fingerprint density at radius 2 is 1.43 bits per heavy atom. The molecule has 1 heterocycles. The first-order chi connectivity index (χ1) is 21.8. The summed E-state index contributed by atoms with van der Waals surface area (Å²) < 4.78 is 19.4. The van der Waals surface area contributed by atoms with Crippen molar-refractivity contribution in [3.63, 3.8) is 0 Å². The molecule has 1 aromatic heterocycles. The average Bonchev–Trinajstić information content (AvgIpc) is 3.43. The van der Waals surface area contributed by atoms with Gasteiger partial charge in [0.15, 0.2) is 0 Å². The Morgan fingerprint density at radius 3 is 1.94 bits per heavy atom. The van der Waals surface area contributed by atoms with Crippen molar-refractivity contribution in [2.45, 2.75) is 124 Å². The number of rotatable bonds is 17. The predicted molar refractivity (Wildman–Crippen MR) is 239 cm³/mol. The van der Waals surface area contributed by atoms with E-state index < -0.39 is 10.5 Å². The minimum Gasteiger partial charge on any atom is -0.462 e. The summed E-state index contributed by atoms with van der Waals surface area (Å²) in [5, 5.41) is 15.2. The summed E-state index contributed by atoms with van der Waals surface area (Å²) in [4.78, 5) is 21.5. The Morgan fingerprint density at radius 1 is 0.889 bits per heavy atom. The standard InChI is InChI=1S/C31H39Cl2N6O5PS.8CH4/c1-31(2,3)44-30(41)8-6-5-7-26-22-39(37-36-26)23-29(40)34-18-17-24-9-13-27(14-10-24)42-19-20-43-28-15-11-25(12-16-28)21-35-38(4)45(32,33)46;;;;;;;;/h9-16,19-22H,5-8,17-18,23H2,1-4H3,(H,34,40);8*1H4/b20-19?,35-21+;;;;;;;;. The minimum atomic E-state index is -2.64. The van der Waals surface area contributed by atoms with Crippen LogP contribution >= 0.6 is 27.4 Å². The quantitative estimate of drug-likeness (QED) is 0.0354. The van der Waals surface area contributed by atoms with Crippen molar-refractivity contribution < 1.29 is 23.8 Å². The molecule has 0 unspecified atom stereocenters. The Labute approximate surface area is 343 Å². The zero-order valence-electron chi connectivity index (χ0n) is 26.3. The normalized spacial score (nSPS) is 10.2. The van der Waals surface area contributed by atoms with Crippen LogP contribution in [0.2, 0.25) is 0 Å². The molecule has 3 aromatic rings. The number of ether oxygens (including phenoxy) is 3. The topological polar surface area (TPSA) is 120 Å². The van der Waals surface area contributed by atoms with E-state index in [0.29, 0.717) is 43.7 Å². The van der Waals surface area contributed by atoms with Crippen LogP contribution in [0.25, 0.3) is 0 Å². The molecule has 0 bridgehead atoms. The van der Waals surface area contributed by atoms with Crippen LogP contribution in [0.1, 0.15) is 116 Å². The molecule has 11 nitrogen and oxygen atoms in total. The van der Waals surface area contributed by atoms with Crippen molar-refractivity contribution in [3.05, 3.63) is 84.1 Å². The summed E-state index contributed by atoms with van der Waals surface area (Å²) in [6.07, 6.45) is 9.47. The predicted octanol–water partition coefficient (Wildman–Crippen LogP) is 11.7. The molecule has 0 fully saturated rings. The van der Waals surface area contributed by atoms with Gasteiger partial charge in [0.25, 0.3) is 0 Å². The van der Waals surface area contributed by atoms with Crippen LogP contribution in [0, 0.1) is 0 Å². The zero-order valence-corrected chi connectivity index (χ0v) is 29.5. The number of carbonyl (C=O) groups excluding carboxylic acids is 2. The van der Waals surface area contributed by atoms with Gasteiger partial charge in [-0.25, -0.2) is 9.46 Å². The van der Waals surface area contributed by atoms with Crippen LogP contribution in [0.3, 0.4) is 0 Å². The lowest BCUT2D eigenvalue weighted by Gasteiger charge is -2.19. The fraction of sp³-hybridized carbons (Fsp3) is 0.513. The summed E-state index contributed by atoms with van der Waals surface area (Å²) in [5.41, 5.74) is 2.20. The number of aromatic nitrogens is 3. The SMILES string of the molecule is C.C.C.C.C.C.C.C.CN(/N=C/c1ccc(OC=COc2ccc(CCNC(=O)Cn3cc(CCCCC(=O)OC(C)(C)C)nn3)cc2)cc1)P(=S)(Cl)Cl. The molecule has 0 spiro atoms. The van der Waals surface area contributed by atoms with Crippen LogP contribution in [-0.2, 0) is 45.5 Å². The number of hydrogen-bond acceptors (Lipinski definition) is 9. The number of nitrogens with one attached hydrogen (secondary N) is 1. The highest BCUT2D eigenvalue weighted by Crippen LogP contribution is 2.59. The maximum Gasteiger partial charge on any atom is 0.306 e. The Bertz CT molecular complexity index is 1530. The van der Waals surface area contributed by atoms with Crippen molar-refractivity contribution >= 4 is 57.3 Å². The van der Waals surface area contributed by atoms with Crippen molar-refractivity contribution in [1.82, 2.24) is 25.1 Å². The first kappa shape index (κ1) is 62.5. The molecule has 2 aromatic carbocycles. The van der Waals surface area contributed by atoms with E-state index in [2.05, 4.69) is 20.7 Å². The van der Waals surface area contributed by atoms with Gasteiger partial charge in [-0.05, 0) is 128 Å². The average molecular weight is 838 g/mol. The summed E-state index contributed by atoms with van der Waals surface area (Å²) >= 11 is 16.8. The Kier molecular flexibility index (Phi) is 35.7. The minimum absolute atomic E-state index is 0. The van der Waals surface area contributed by atoms with Gasteiger partial charge in [0.1, 0.15) is 36.2 Å². The number of esters is 1. The number of nitrogens with zero attached hydrogens (tertiary/aromatic N) is 5. The lowest BCUT2D eigenvalue weighted by molar-refractivity contribution is -0.154. The molecular formula is C39H71Cl2N6O5PS. The molecule has 54 heavy (non-hydrogen) atoms. The van der Waals surface area contributed by atoms with E-state index in [9.17, 15) is 9.59 Å². The molecule has 0 radical (unpaired) electrons. The monoisotopic (exact) mass is 836 g/mol. The van der Waals surface area contributed by atoms with Crippen molar-refractivity contribution in [3.8, 4) is 11.5 Å². The number of amides is 1. The second-order valence-corrected chi connectivity index (χ2v) is 18.9. The molecule has 1 amide bonds. The van der Waals surface area contributed by atoms with Gasteiger partial charge in [-0.15, -0.1) is 5.10 Å². The van der Waals surface area contributed by atoms with Crippen LogP contribution in [0.15, 0.2) is 72.4 Å². The van der Waals surface area contributed by atoms with Crippen molar-refractivity contribution in [2.75, 3.05) is 13.6 Å². The number of hydrazone groups is 1. The van der Waals surface area contributed by atoms with Gasteiger partial charge in [-0.1, -0.05) is 76.8 Å². The molecule has 0 aliphatic heterocycles. The van der Waals surface area contributed by atoms with E-state index >= 15 is 0 Å². The largest absolute Gasteiger partial charge is 0.462 e. The summed E-state index contributed by atoms with van der Waals surface area (Å²) in [6.45, 7) is 6.13. The third-order valence-corrected chi connectivity index (χ3v) is 8.89. The number of unbranched alkanes of at least 4 members (excludes halogenated alkanes) is 1. The second kappa shape index (κ2) is 30.8. The molecular weight excluding hydrogens is 766 g/mol. The first-order valence-electron chi connectivity index (χ1n) is 14.6. The lowest BCUT2D eigenvalue weighted by Crippen LogP contribution is -2.29. The second-order valence-electron chi connectivity index (χ2n) is 11.2. The maximum absolute atomic E-state index is 12.4. The third kappa shape index (κ3) is 25.6. The van der Waals surface area contributed by atoms with E-state index in [-0.39, 0.29) is 77.8 Å². The molecule has 0 saturated heterocycles. The van der Waals surface area contributed by atoms with E-state index in [1.54, 1.807) is 31.6 Å². The first-order valence-corrected chi connectivity index (χ1v) is 19.2. The zero-order chi connectivity index (χ0) is 33.6. The fourth-order valence-electron chi connectivity index (χ4n) is 3.84. The van der Waals surface area contributed by atoms with Crippen molar-refractivity contribution in [1.29, 1.82) is 0 Å². The Hall–Kier alpha value is -3.44. The molecule has 1 N–H and O–H groups in total. The molecule has 312 valence electrons. The molecule has 15 heteroatoms. The Balaban J connectivity index is -0.000000720. The molecule has 0 atom stereocenters. The van der Waals surface area contributed by atoms with E-state index in [4.69, 9.17) is 48.5 Å². The van der Waals surface area contributed by atoms with Crippen LogP contribution in [0.4, 0.5) is 0 Å². The highest BCUT2D eigenvalue weighted by Gasteiger charge is 2.16. The third-order valence-electron chi connectivity index (χ3n) is 6.09. The van der Waals surface area contributed by atoms with E-state index in [1.807, 2.05) is 57.2 Å². The van der Waals surface area contributed by atoms with E-state index in [1.165, 1.54) is 22.0 Å². The summed E-state index contributed by atoms with van der Waals surface area (Å²) in [7, 11) is 1.63. The number of carbonyl (C=O) groups is 2. The highest BCUT2D eigenvalue weighted by atomic mass is 35.9. The van der Waals surface area contributed by atoms with Gasteiger partial charge in [-0.2, -0.15) is 5.10 Å². The lowest BCUT2D eigenvalue weighted by atomic mass is 10.1. The molecule has 0 aliphatic carbocycles.